The van der Waals surface area contributed by atoms with E-state index in [9.17, 15) is 29.1 Å². The molecule has 39 heavy (non-hydrogen) atoms. The van der Waals surface area contributed by atoms with E-state index >= 15 is 0 Å². The first-order valence-corrected chi connectivity index (χ1v) is 13.0. The second-order valence-electron chi connectivity index (χ2n) is 10.5. The number of nitrogens with two attached hydrogens (primary N) is 2. The Kier molecular flexibility index (Phi) is 11.5. The molecule has 4 unspecified atom stereocenters. The maximum absolute atomic E-state index is 13.5. The third-order valence-electron chi connectivity index (χ3n) is 6.39. The van der Waals surface area contributed by atoms with Crippen LogP contribution < -0.4 is 27.4 Å². The van der Waals surface area contributed by atoms with E-state index in [0.717, 1.165) is 16.5 Å². The molecule has 0 bridgehead atoms. The van der Waals surface area contributed by atoms with Gasteiger partial charge in [-0.15, -0.1) is 0 Å². The highest BCUT2D eigenvalue weighted by Crippen LogP contribution is 2.19. The number of hydrogen-bond donors (Lipinski definition) is 7. The number of aromatic nitrogens is 1. The molecule has 0 saturated heterocycles. The molecule has 0 aliphatic rings. The molecule has 4 atom stereocenters. The number of hydrogen-bond acceptors (Lipinski definition) is 6. The number of carboxylic acids is 1. The minimum absolute atomic E-state index is 0.0361. The lowest BCUT2D eigenvalue weighted by molar-refractivity contribution is -0.142. The van der Waals surface area contributed by atoms with Gasteiger partial charge in [0, 0.05) is 29.9 Å². The van der Waals surface area contributed by atoms with Crippen LogP contribution in [-0.4, -0.2) is 63.9 Å². The van der Waals surface area contributed by atoms with Crippen LogP contribution in [0, 0.1) is 11.8 Å². The number of primary amides is 1. The van der Waals surface area contributed by atoms with Crippen molar-refractivity contribution in [3.63, 3.8) is 0 Å². The summed E-state index contributed by atoms with van der Waals surface area (Å²) in [6.45, 7) is 7.28. The molecule has 1 aromatic heterocycles. The van der Waals surface area contributed by atoms with Crippen LogP contribution in [0.5, 0.6) is 0 Å². The van der Waals surface area contributed by atoms with Crippen LogP contribution in [0.15, 0.2) is 30.5 Å². The standard InChI is InChI=1S/C27H40N6O6/c1-14(2)11-20(24(35)31-19(27(38)39)9-10-22(28)34)32-25(36)21(33-26(37)23(29)15(3)4)12-16-13-30-18-8-6-5-7-17(16)18/h5-8,13-15,19-21,23,30H,9-12,29H2,1-4H3,(H2,28,34)(H,31,35)(H,32,36)(H,33,37)(H,38,39). The predicted molar refractivity (Wildman–Crippen MR) is 146 cm³/mol. The molecule has 2 rings (SSSR count). The fraction of sp³-hybridized carbons (Fsp3) is 0.519. The van der Waals surface area contributed by atoms with Crippen LogP contribution in [0.2, 0.25) is 0 Å². The van der Waals surface area contributed by atoms with Crippen LogP contribution >= 0.6 is 0 Å². The molecular formula is C27H40N6O6. The molecule has 0 saturated carbocycles. The average Bonchev–Trinajstić information content (AvgIpc) is 3.27. The van der Waals surface area contributed by atoms with Gasteiger partial charge in [0.1, 0.15) is 18.1 Å². The quantitative estimate of drug-likeness (QED) is 0.169. The van der Waals surface area contributed by atoms with Crippen LogP contribution in [0.25, 0.3) is 10.9 Å². The minimum Gasteiger partial charge on any atom is -0.480 e. The molecule has 12 heteroatoms. The third-order valence-corrected chi connectivity index (χ3v) is 6.39. The SMILES string of the molecule is CC(C)CC(NC(=O)C(Cc1c[nH]c2ccccc12)NC(=O)C(N)C(C)C)C(=O)NC(CCC(N)=O)C(=O)O. The highest BCUT2D eigenvalue weighted by Gasteiger charge is 2.31. The maximum Gasteiger partial charge on any atom is 0.326 e. The molecule has 0 radical (unpaired) electrons. The first-order chi connectivity index (χ1) is 18.3. The lowest BCUT2D eigenvalue weighted by Gasteiger charge is -2.26. The van der Waals surface area contributed by atoms with Gasteiger partial charge in [-0.1, -0.05) is 45.9 Å². The van der Waals surface area contributed by atoms with Gasteiger partial charge in [-0.05, 0) is 36.3 Å². The number of aliphatic carboxylic acids is 1. The number of benzene rings is 1. The van der Waals surface area contributed by atoms with Crippen molar-refractivity contribution in [2.24, 2.45) is 23.3 Å². The molecule has 0 spiro atoms. The normalized spacial score (nSPS) is 14.4. The lowest BCUT2D eigenvalue weighted by atomic mass is 9.99. The summed E-state index contributed by atoms with van der Waals surface area (Å²) in [7, 11) is 0. The van der Waals surface area contributed by atoms with Gasteiger partial charge < -0.3 is 37.5 Å². The Balaban J connectivity index is 2.29. The second kappa shape index (κ2) is 14.3. The fourth-order valence-corrected chi connectivity index (χ4v) is 4.09. The van der Waals surface area contributed by atoms with Crippen molar-refractivity contribution >= 4 is 40.5 Å². The van der Waals surface area contributed by atoms with Gasteiger partial charge in [0.2, 0.25) is 23.6 Å². The number of carbonyl (C=O) groups is 5. The van der Waals surface area contributed by atoms with E-state index in [4.69, 9.17) is 11.5 Å². The summed E-state index contributed by atoms with van der Waals surface area (Å²) in [5, 5.41) is 18.2. The molecule has 4 amide bonds. The van der Waals surface area contributed by atoms with E-state index in [-0.39, 0.29) is 37.5 Å². The molecular weight excluding hydrogens is 504 g/mol. The lowest BCUT2D eigenvalue weighted by Crippen LogP contribution is -2.58. The van der Waals surface area contributed by atoms with Crippen LogP contribution in [0.4, 0.5) is 0 Å². The van der Waals surface area contributed by atoms with E-state index < -0.39 is 53.8 Å². The molecule has 12 nitrogen and oxygen atoms in total. The molecule has 1 heterocycles. The van der Waals surface area contributed by atoms with Crippen molar-refractivity contribution in [2.45, 2.75) is 77.5 Å². The van der Waals surface area contributed by atoms with Gasteiger partial charge in [-0.25, -0.2) is 4.79 Å². The van der Waals surface area contributed by atoms with Gasteiger partial charge >= 0.3 is 5.97 Å². The summed E-state index contributed by atoms with van der Waals surface area (Å²) in [6, 6.07) is 3.16. The van der Waals surface area contributed by atoms with Crippen LogP contribution in [0.1, 0.15) is 52.5 Å². The van der Waals surface area contributed by atoms with E-state index in [1.54, 1.807) is 20.0 Å². The van der Waals surface area contributed by atoms with Crippen molar-refractivity contribution in [2.75, 3.05) is 0 Å². The monoisotopic (exact) mass is 544 g/mol. The zero-order valence-corrected chi connectivity index (χ0v) is 22.8. The Bertz CT molecular complexity index is 1180. The molecule has 1 aromatic carbocycles. The Hall–Kier alpha value is -3.93. The number of carboxylic acid groups (broad SMARTS) is 1. The Morgan fingerprint density at radius 2 is 1.49 bits per heavy atom. The first kappa shape index (κ1) is 31.3. The average molecular weight is 545 g/mol. The van der Waals surface area contributed by atoms with Crippen molar-refractivity contribution in [1.82, 2.24) is 20.9 Å². The Morgan fingerprint density at radius 3 is 2.08 bits per heavy atom. The topological polar surface area (TPSA) is 210 Å². The van der Waals surface area contributed by atoms with E-state index in [2.05, 4.69) is 20.9 Å². The summed E-state index contributed by atoms with van der Waals surface area (Å²) in [4.78, 5) is 65.3. The molecule has 0 fully saturated rings. The summed E-state index contributed by atoms with van der Waals surface area (Å²) >= 11 is 0. The van der Waals surface area contributed by atoms with Crippen molar-refractivity contribution in [3.05, 3.63) is 36.0 Å². The van der Waals surface area contributed by atoms with Crippen LogP contribution in [0.3, 0.4) is 0 Å². The number of para-hydroxylation sites is 1. The summed E-state index contributed by atoms with van der Waals surface area (Å²) in [6.07, 6.45) is 1.67. The van der Waals surface area contributed by atoms with Crippen molar-refractivity contribution in [3.8, 4) is 0 Å². The van der Waals surface area contributed by atoms with E-state index in [0.29, 0.717) is 0 Å². The minimum atomic E-state index is -1.36. The predicted octanol–water partition coefficient (Wildman–Crippen LogP) is 0.544. The number of carbonyl (C=O) groups excluding carboxylic acids is 4. The van der Waals surface area contributed by atoms with Gasteiger partial charge in [0.15, 0.2) is 0 Å². The number of fused-ring (bicyclic) bond motifs is 1. The molecule has 0 aliphatic heterocycles. The zero-order chi connectivity index (χ0) is 29.3. The van der Waals surface area contributed by atoms with Gasteiger partial charge in [0.25, 0.3) is 0 Å². The Labute approximate surface area is 227 Å². The van der Waals surface area contributed by atoms with Gasteiger partial charge in [-0.3, -0.25) is 19.2 Å². The largest absolute Gasteiger partial charge is 0.480 e. The second-order valence-corrected chi connectivity index (χ2v) is 10.5. The van der Waals surface area contributed by atoms with Crippen molar-refractivity contribution < 1.29 is 29.1 Å². The smallest absolute Gasteiger partial charge is 0.326 e. The third kappa shape index (κ3) is 9.40. The number of H-pyrrole nitrogens is 1. The fourth-order valence-electron chi connectivity index (χ4n) is 4.09. The number of aromatic amines is 1. The van der Waals surface area contributed by atoms with E-state index in [1.165, 1.54) is 0 Å². The highest BCUT2D eigenvalue weighted by atomic mass is 16.4. The van der Waals surface area contributed by atoms with Gasteiger partial charge in [-0.2, -0.15) is 0 Å². The summed E-state index contributed by atoms with van der Waals surface area (Å²) < 4.78 is 0. The maximum atomic E-state index is 13.5. The van der Waals surface area contributed by atoms with Crippen molar-refractivity contribution in [1.29, 1.82) is 0 Å². The molecule has 0 aliphatic carbocycles. The highest BCUT2D eigenvalue weighted by molar-refractivity contribution is 5.95. The molecule has 9 N–H and O–H groups in total. The summed E-state index contributed by atoms with van der Waals surface area (Å²) in [5.41, 5.74) is 12.8. The zero-order valence-electron chi connectivity index (χ0n) is 22.8. The molecule has 214 valence electrons. The number of nitrogens with one attached hydrogen (secondary N) is 4. The number of rotatable bonds is 15. The Morgan fingerprint density at radius 1 is 0.897 bits per heavy atom. The van der Waals surface area contributed by atoms with Crippen LogP contribution in [-0.2, 0) is 30.4 Å². The van der Waals surface area contributed by atoms with Gasteiger partial charge in [0.05, 0.1) is 6.04 Å². The van der Waals surface area contributed by atoms with E-state index in [1.807, 2.05) is 38.1 Å². The summed E-state index contributed by atoms with van der Waals surface area (Å²) in [5.74, 6) is -4.07. The first-order valence-electron chi connectivity index (χ1n) is 13.0. The molecule has 2 aromatic rings. The number of amides is 4.